The minimum absolute atomic E-state index is 0.289. The first-order chi connectivity index (χ1) is 8.49. The zero-order valence-corrected chi connectivity index (χ0v) is 10.7. The molecule has 0 aliphatic carbocycles. The second kappa shape index (κ2) is 4.82. The highest BCUT2D eigenvalue weighted by Gasteiger charge is 2.18. The Kier molecular flexibility index (Phi) is 3.39. The Morgan fingerprint density at radius 2 is 1.83 bits per heavy atom. The molecule has 1 heterocycles. The zero-order chi connectivity index (χ0) is 13.3. The largest absolute Gasteiger partial charge is 0.319 e. The number of nitrogens with zero attached hydrogens (tertiary/aromatic N) is 2. The highest BCUT2D eigenvalue weighted by molar-refractivity contribution is 5.37. The first kappa shape index (κ1) is 12.6. The molecule has 2 N–H and O–H groups in total. The van der Waals surface area contributed by atoms with Crippen molar-refractivity contribution in [2.75, 3.05) is 0 Å². The number of aromatic nitrogens is 2. The fourth-order valence-electron chi connectivity index (χ4n) is 2.03. The number of benzene rings is 1. The summed E-state index contributed by atoms with van der Waals surface area (Å²) in [6.07, 6.45) is 3.23. The van der Waals surface area contributed by atoms with Crippen LogP contribution in [0.25, 0.3) is 0 Å². The normalized spacial score (nSPS) is 12.5. The van der Waals surface area contributed by atoms with Crippen LogP contribution in [0.3, 0.4) is 0 Å². The number of hydrogen-bond donors (Lipinski definition) is 1. The van der Waals surface area contributed by atoms with E-state index in [0.717, 1.165) is 16.8 Å². The highest BCUT2D eigenvalue weighted by atomic mass is 19.1. The van der Waals surface area contributed by atoms with Gasteiger partial charge in [0.15, 0.2) is 0 Å². The first-order valence-electron chi connectivity index (χ1n) is 5.80. The van der Waals surface area contributed by atoms with E-state index in [1.54, 1.807) is 12.4 Å². The van der Waals surface area contributed by atoms with Gasteiger partial charge in [0, 0.05) is 11.8 Å². The average Bonchev–Trinajstić information content (AvgIpc) is 2.28. The third-order valence-electron chi connectivity index (χ3n) is 2.91. The fourth-order valence-corrected chi connectivity index (χ4v) is 2.03. The molecule has 2 rings (SSSR count). The van der Waals surface area contributed by atoms with Gasteiger partial charge >= 0.3 is 0 Å². The van der Waals surface area contributed by atoms with E-state index in [-0.39, 0.29) is 5.82 Å². The van der Waals surface area contributed by atoms with Crippen LogP contribution in [-0.2, 0) is 0 Å². The molecule has 0 saturated carbocycles. The lowest BCUT2D eigenvalue weighted by Crippen LogP contribution is -2.17. The molecule has 0 fully saturated rings. The molecule has 2 aromatic rings. The van der Waals surface area contributed by atoms with E-state index in [1.807, 2.05) is 26.8 Å². The lowest BCUT2D eigenvalue weighted by atomic mass is 9.97. The molecule has 0 radical (unpaired) electrons. The molecular formula is C14H16FN3. The fraction of sp³-hybridized carbons (Fsp3) is 0.286. The summed E-state index contributed by atoms with van der Waals surface area (Å²) in [6.45, 7) is 5.56. The van der Waals surface area contributed by atoms with Gasteiger partial charge in [-0.2, -0.15) is 0 Å². The van der Waals surface area contributed by atoms with Gasteiger partial charge in [-0.05, 0) is 38.0 Å². The maximum atomic E-state index is 14.0. The topological polar surface area (TPSA) is 51.8 Å². The first-order valence-corrected chi connectivity index (χ1v) is 5.80. The van der Waals surface area contributed by atoms with E-state index < -0.39 is 6.04 Å². The molecular weight excluding hydrogens is 229 g/mol. The smallest absolute Gasteiger partial charge is 0.128 e. The van der Waals surface area contributed by atoms with Crippen LogP contribution in [0.1, 0.15) is 34.1 Å². The summed E-state index contributed by atoms with van der Waals surface area (Å²) in [7, 11) is 0. The molecule has 1 unspecified atom stereocenters. The Labute approximate surface area is 106 Å². The third-order valence-corrected chi connectivity index (χ3v) is 2.91. The van der Waals surface area contributed by atoms with Crippen LogP contribution in [0.4, 0.5) is 4.39 Å². The monoisotopic (exact) mass is 245 g/mol. The second-order valence-corrected chi connectivity index (χ2v) is 4.54. The minimum Gasteiger partial charge on any atom is -0.319 e. The summed E-state index contributed by atoms with van der Waals surface area (Å²) in [4.78, 5) is 8.34. The molecule has 0 aliphatic rings. The van der Waals surface area contributed by atoms with E-state index in [4.69, 9.17) is 5.73 Å². The van der Waals surface area contributed by atoms with Gasteiger partial charge in [-0.3, -0.25) is 9.97 Å². The van der Waals surface area contributed by atoms with Crippen molar-refractivity contribution in [3.8, 4) is 0 Å². The lowest BCUT2D eigenvalue weighted by molar-refractivity contribution is 0.593. The average molecular weight is 245 g/mol. The van der Waals surface area contributed by atoms with Crippen LogP contribution >= 0.6 is 0 Å². The predicted molar refractivity (Wildman–Crippen MR) is 68.7 cm³/mol. The molecule has 18 heavy (non-hydrogen) atoms. The van der Waals surface area contributed by atoms with E-state index in [1.165, 1.54) is 6.07 Å². The summed E-state index contributed by atoms with van der Waals surface area (Å²) in [5, 5.41) is 0. The second-order valence-electron chi connectivity index (χ2n) is 4.54. The molecule has 4 heteroatoms. The van der Waals surface area contributed by atoms with Crippen LogP contribution in [-0.4, -0.2) is 9.97 Å². The van der Waals surface area contributed by atoms with Crippen LogP contribution < -0.4 is 5.73 Å². The van der Waals surface area contributed by atoms with E-state index in [2.05, 4.69) is 9.97 Å². The molecule has 0 amide bonds. The molecule has 3 nitrogen and oxygen atoms in total. The molecule has 1 aromatic carbocycles. The molecule has 0 bridgehead atoms. The Balaban J connectivity index is 2.46. The van der Waals surface area contributed by atoms with E-state index >= 15 is 0 Å². The Hall–Kier alpha value is -1.81. The SMILES string of the molecule is Cc1cc(C)c(C(N)c2cnc(C)cn2)c(F)c1. The molecule has 94 valence electrons. The Morgan fingerprint density at radius 3 is 2.39 bits per heavy atom. The van der Waals surface area contributed by atoms with Crippen molar-refractivity contribution in [3.05, 3.63) is 58.4 Å². The van der Waals surface area contributed by atoms with Crippen molar-refractivity contribution in [2.45, 2.75) is 26.8 Å². The maximum absolute atomic E-state index is 14.0. The number of rotatable bonds is 2. The summed E-state index contributed by atoms with van der Waals surface area (Å²) >= 11 is 0. The van der Waals surface area contributed by atoms with Gasteiger partial charge < -0.3 is 5.73 Å². The van der Waals surface area contributed by atoms with Crippen molar-refractivity contribution < 1.29 is 4.39 Å². The lowest BCUT2D eigenvalue weighted by Gasteiger charge is -2.15. The van der Waals surface area contributed by atoms with Gasteiger partial charge in [0.1, 0.15) is 5.82 Å². The Bertz CT molecular complexity index is 541. The number of hydrogen-bond acceptors (Lipinski definition) is 3. The van der Waals surface area contributed by atoms with Gasteiger partial charge in [0.2, 0.25) is 0 Å². The van der Waals surface area contributed by atoms with Crippen molar-refractivity contribution in [1.29, 1.82) is 0 Å². The van der Waals surface area contributed by atoms with Crippen molar-refractivity contribution >= 4 is 0 Å². The standard InChI is InChI=1S/C14H16FN3/c1-8-4-9(2)13(11(15)5-8)14(16)12-7-17-10(3)6-18-12/h4-7,14H,16H2,1-3H3. The van der Waals surface area contributed by atoms with Crippen LogP contribution in [0.2, 0.25) is 0 Å². The van der Waals surface area contributed by atoms with Gasteiger partial charge in [0.05, 0.1) is 23.6 Å². The predicted octanol–water partition coefficient (Wildman–Crippen LogP) is 2.59. The molecule has 1 atom stereocenters. The van der Waals surface area contributed by atoms with Crippen LogP contribution in [0, 0.1) is 26.6 Å². The van der Waals surface area contributed by atoms with Crippen molar-refractivity contribution in [3.63, 3.8) is 0 Å². The molecule has 0 spiro atoms. The van der Waals surface area contributed by atoms with Crippen molar-refractivity contribution in [1.82, 2.24) is 9.97 Å². The summed E-state index contributed by atoms with van der Waals surface area (Å²) < 4.78 is 14.0. The van der Waals surface area contributed by atoms with Gasteiger partial charge in [0.25, 0.3) is 0 Å². The minimum atomic E-state index is -0.585. The van der Waals surface area contributed by atoms with Crippen LogP contribution in [0.15, 0.2) is 24.5 Å². The van der Waals surface area contributed by atoms with Gasteiger partial charge in [-0.15, -0.1) is 0 Å². The quantitative estimate of drug-likeness (QED) is 0.884. The molecule has 0 saturated heterocycles. The van der Waals surface area contributed by atoms with E-state index in [9.17, 15) is 4.39 Å². The number of aryl methyl sites for hydroxylation is 3. The summed E-state index contributed by atoms with van der Waals surface area (Å²) in [6, 6.07) is 2.82. The maximum Gasteiger partial charge on any atom is 0.128 e. The molecule has 1 aromatic heterocycles. The third kappa shape index (κ3) is 2.38. The molecule has 0 aliphatic heterocycles. The van der Waals surface area contributed by atoms with Crippen molar-refractivity contribution in [2.24, 2.45) is 5.73 Å². The summed E-state index contributed by atoms with van der Waals surface area (Å²) in [5.41, 5.74) is 9.67. The highest BCUT2D eigenvalue weighted by Crippen LogP contribution is 2.25. The van der Waals surface area contributed by atoms with E-state index in [0.29, 0.717) is 11.3 Å². The van der Waals surface area contributed by atoms with Crippen LogP contribution in [0.5, 0.6) is 0 Å². The van der Waals surface area contributed by atoms with Gasteiger partial charge in [-0.25, -0.2) is 4.39 Å². The Morgan fingerprint density at radius 1 is 1.11 bits per heavy atom. The number of halogens is 1. The summed E-state index contributed by atoms with van der Waals surface area (Å²) in [5.74, 6) is -0.289. The number of nitrogens with two attached hydrogens (primary N) is 1. The zero-order valence-electron chi connectivity index (χ0n) is 10.7. The van der Waals surface area contributed by atoms with Gasteiger partial charge in [-0.1, -0.05) is 6.07 Å².